The van der Waals surface area contributed by atoms with Gasteiger partial charge in [0.15, 0.2) is 17.3 Å². The Morgan fingerprint density at radius 3 is 2.69 bits per heavy atom. The van der Waals surface area contributed by atoms with Gasteiger partial charge in [-0.3, -0.25) is 4.79 Å². The number of carboxylic acid groups (broad SMARTS) is 1. The molecule has 2 heterocycles. The minimum atomic E-state index is -1.06. The Labute approximate surface area is 171 Å². The maximum Gasteiger partial charge on any atom is 0.328 e. The maximum atomic E-state index is 13.4. The van der Waals surface area contributed by atoms with Crippen molar-refractivity contribution in [3.05, 3.63) is 82.6 Å². The molecule has 6 nitrogen and oxygen atoms in total. The minimum absolute atomic E-state index is 0.272. The molecule has 146 valence electrons. The number of ketones is 1. The number of nitrogens with zero attached hydrogens (tertiary/aromatic N) is 1. The molecular formula is C22H16ClNO5. The third-order valence-electron chi connectivity index (χ3n) is 4.45. The number of aliphatic carboxylic acids is 1. The average molecular weight is 410 g/mol. The summed E-state index contributed by atoms with van der Waals surface area (Å²) in [5.41, 5.74) is 1.92. The molecule has 0 saturated carbocycles. The fraction of sp³-hybridized carbons (Fsp3) is 0.0909. The molecule has 0 spiro atoms. The summed E-state index contributed by atoms with van der Waals surface area (Å²) in [7, 11) is 0. The maximum absolute atomic E-state index is 13.4. The van der Waals surface area contributed by atoms with E-state index in [4.69, 9.17) is 26.2 Å². The Bertz CT molecular complexity index is 1130. The number of carbonyl (C=O) groups is 2. The molecule has 3 aromatic rings. The first-order chi connectivity index (χ1) is 14.0. The smallest absolute Gasteiger partial charge is 0.328 e. The number of benzene rings is 2. The number of fused-ring (bicyclic) bond motifs is 1. The van der Waals surface area contributed by atoms with Gasteiger partial charge in [-0.15, -0.1) is 0 Å². The molecule has 7 heteroatoms. The molecule has 1 N–H and O–H groups in total. The van der Waals surface area contributed by atoms with Gasteiger partial charge in [-0.2, -0.15) is 0 Å². The molecule has 2 aromatic carbocycles. The molecule has 0 bridgehead atoms. The monoisotopic (exact) mass is 409 g/mol. The van der Waals surface area contributed by atoms with Crippen LogP contribution in [0.5, 0.6) is 11.5 Å². The van der Waals surface area contributed by atoms with Crippen LogP contribution < -0.4 is 9.47 Å². The number of hydrogen-bond donors (Lipinski definition) is 1. The Kier molecular flexibility index (Phi) is 5.10. The lowest BCUT2D eigenvalue weighted by Crippen LogP contribution is -2.18. The van der Waals surface area contributed by atoms with Gasteiger partial charge in [-0.05, 0) is 48.5 Å². The van der Waals surface area contributed by atoms with E-state index < -0.39 is 5.97 Å². The lowest BCUT2D eigenvalue weighted by atomic mass is 10.00. The third kappa shape index (κ3) is 3.75. The average Bonchev–Trinajstić information content (AvgIpc) is 3.19. The van der Waals surface area contributed by atoms with Crippen molar-refractivity contribution in [2.24, 2.45) is 0 Å². The van der Waals surface area contributed by atoms with Gasteiger partial charge in [0.1, 0.15) is 13.2 Å². The fourth-order valence-electron chi connectivity index (χ4n) is 3.20. The Hall–Kier alpha value is -3.51. The lowest BCUT2D eigenvalue weighted by molar-refractivity contribution is -0.131. The fourth-order valence-corrected chi connectivity index (χ4v) is 3.38. The van der Waals surface area contributed by atoms with Gasteiger partial charge in [-0.25, -0.2) is 4.79 Å². The molecule has 0 aliphatic carbocycles. The summed E-state index contributed by atoms with van der Waals surface area (Å²) in [5, 5.41) is 9.33. The quantitative estimate of drug-likeness (QED) is 0.504. The Morgan fingerprint density at radius 2 is 1.86 bits per heavy atom. The molecule has 4 rings (SSSR count). The summed E-state index contributed by atoms with van der Waals surface area (Å²) in [4.78, 5) is 24.3. The van der Waals surface area contributed by atoms with E-state index in [1.165, 1.54) is 6.08 Å². The third-order valence-corrected chi connectivity index (χ3v) is 4.69. The molecule has 29 heavy (non-hydrogen) atoms. The highest BCUT2D eigenvalue weighted by Crippen LogP contribution is 2.36. The summed E-state index contributed by atoms with van der Waals surface area (Å²) in [6, 6.07) is 13.7. The first-order valence-corrected chi connectivity index (χ1v) is 9.24. The van der Waals surface area contributed by atoms with Crippen LogP contribution in [0.4, 0.5) is 0 Å². The van der Waals surface area contributed by atoms with Gasteiger partial charge in [0.2, 0.25) is 0 Å². The zero-order valence-corrected chi connectivity index (χ0v) is 15.9. The predicted octanol–water partition coefficient (Wildman–Crippen LogP) is 4.23. The predicted molar refractivity (Wildman–Crippen MR) is 108 cm³/mol. The van der Waals surface area contributed by atoms with Crippen LogP contribution in [0.3, 0.4) is 0 Å². The first kappa shape index (κ1) is 18.8. The van der Waals surface area contributed by atoms with E-state index in [1.54, 1.807) is 59.3 Å². The highest BCUT2D eigenvalue weighted by molar-refractivity contribution is 6.31. The number of carboxylic acids is 1. The van der Waals surface area contributed by atoms with Crippen molar-refractivity contribution in [2.75, 3.05) is 13.2 Å². The molecule has 1 aliphatic rings. The summed E-state index contributed by atoms with van der Waals surface area (Å²) >= 11 is 6.19. The van der Waals surface area contributed by atoms with Crippen LogP contribution in [-0.4, -0.2) is 34.6 Å². The van der Waals surface area contributed by atoms with E-state index in [9.17, 15) is 9.59 Å². The van der Waals surface area contributed by atoms with Crippen molar-refractivity contribution in [3.63, 3.8) is 0 Å². The second-order valence-electron chi connectivity index (χ2n) is 6.29. The summed E-state index contributed by atoms with van der Waals surface area (Å²) in [6.45, 7) is 0.789. The zero-order valence-electron chi connectivity index (χ0n) is 15.2. The number of hydrogen-bond acceptors (Lipinski definition) is 4. The van der Waals surface area contributed by atoms with E-state index in [2.05, 4.69) is 0 Å². The van der Waals surface area contributed by atoms with Crippen LogP contribution >= 0.6 is 11.6 Å². The summed E-state index contributed by atoms with van der Waals surface area (Å²) in [5.74, 6) is -0.394. The number of rotatable bonds is 5. The first-order valence-electron chi connectivity index (χ1n) is 8.86. The number of ether oxygens (including phenoxy) is 2. The van der Waals surface area contributed by atoms with E-state index in [-0.39, 0.29) is 5.78 Å². The Morgan fingerprint density at radius 1 is 1.03 bits per heavy atom. The molecule has 0 saturated heterocycles. The van der Waals surface area contributed by atoms with Crippen LogP contribution in [0.25, 0.3) is 11.8 Å². The standard InChI is InChI=1S/C22H16ClNO5/c23-14-6-8-18(24-10-2-3-15(24)7-9-20(25)26)17(13-14)21(27)16-4-1-5-19-22(16)29-12-11-28-19/h1-10,13H,11-12H2,(H,25,26). The molecule has 0 unspecified atom stereocenters. The van der Waals surface area contributed by atoms with Crippen LogP contribution in [-0.2, 0) is 4.79 Å². The van der Waals surface area contributed by atoms with E-state index in [1.807, 2.05) is 0 Å². The number of carbonyl (C=O) groups excluding carboxylic acids is 1. The SMILES string of the molecule is O=C(O)C=Cc1cccn1-c1ccc(Cl)cc1C(=O)c1cccc2c1OCCO2. The van der Waals surface area contributed by atoms with E-state index in [0.29, 0.717) is 52.2 Å². The lowest BCUT2D eigenvalue weighted by Gasteiger charge is -2.21. The molecule has 0 fully saturated rings. The molecule has 1 aromatic heterocycles. The van der Waals surface area contributed by atoms with Crippen molar-refractivity contribution >= 4 is 29.4 Å². The number of halogens is 1. The molecule has 0 radical (unpaired) electrons. The topological polar surface area (TPSA) is 77.8 Å². The van der Waals surface area contributed by atoms with Crippen molar-refractivity contribution in [1.29, 1.82) is 0 Å². The molecule has 0 amide bonds. The van der Waals surface area contributed by atoms with Crippen LogP contribution in [0.1, 0.15) is 21.6 Å². The van der Waals surface area contributed by atoms with Crippen molar-refractivity contribution < 1.29 is 24.2 Å². The summed E-state index contributed by atoms with van der Waals surface area (Å²) < 4.78 is 13.0. The molecular weight excluding hydrogens is 394 g/mol. The summed E-state index contributed by atoms with van der Waals surface area (Å²) in [6.07, 6.45) is 4.26. The minimum Gasteiger partial charge on any atom is -0.486 e. The van der Waals surface area contributed by atoms with Gasteiger partial charge in [0, 0.05) is 28.6 Å². The van der Waals surface area contributed by atoms with Gasteiger partial charge < -0.3 is 19.1 Å². The van der Waals surface area contributed by atoms with Gasteiger partial charge >= 0.3 is 5.97 Å². The van der Waals surface area contributed by atoms with Gasteiger partial charge in [-0.1, -0.05) is 17.7 Å². The second kappa shape index (κ2) is 7.85. The molecule has 1 aliphatic heterocycles. The number of para-hydroxylation sites is 1. The van der Waals surface area contributed by atoms with Crippen molar-refractivity contribution in [3.8, 4) is 17.2 Å². The molecule has 0 atom stereocenters. The van der Waals surface area contributed by atoms with Crippen molar-refractivity contribution in [2.45, 2.75) is 0 Å². The van der Waals surface area contributed by atoms with Crippen LogP contribution in [0.15, 0.2) is 60.8 Å². The van der Waals surface area contributed by atoms with Gasteiger partial charge in [0.25, 0.3) is 0 Å². The Balaban J connectivity index is 1.83. The normalized spacial score (nSPS) is 12.9. The van der Waals surface area contributed by atoms with E-state index in [0.717, 1.165) is 6.08 Å². The highest BCUT2D eigenvalue weighted by atomic mass is 35.5. The van der Waals surface area contributed by atoms with Gasteiger partial charge in [0.05, 0.1) is 11.3 Å². The second-order valence-corrected chi connectivity index (χ2v) is 6.73. The van der Waals surface area contributed by atoms with Crippen LogP contribution in [0, 0.1) is 0 Å². The largest absolute Gasteiger partial charge is 0.486 e. The highest BCUT2D eigenvalue weighted by Gasteiger charge is 2.24. The van der Waals surface area contributed by atoms with Crippen LogP contribution in [0.2, 0.25) is 5.02 Å². The number of aromatic nitrogens is 1. The van der Waals surface area contributed by atoms with Crippen molar-refractivity contribution in [1.82, 2.24) is 4.57 Å². The zero-order chi connectivity index (χ0) is 20.4. The van der Waals surface area contributed by atoms with E-state index >= 15 is 0 Å².